The van der Waals surface area contributed by atoms with Crippen molar-refractivity contribution in [2.75, 3.05) is 18.9 Å². The van der Waals surface area contributed by atoms with Crippen LogP contribution < -0.4 is 5.32 Å². The number of anilines is 1. The minimum absolute atomic E-state index is 0. The highest BCUT2D eigenvalue weighted by Gasteiger charge is 2.21. The molecule has 6 heteroatoms. The van der Waals surface area contributed by atoms with Crippen LogP contribution in [0.4, 0.5) is 5.69 Å². The zero-order valence-electron chi connectivity index (χ0n) is 13.7. The number of hydrogen-bond acceptors (Lipinski definition) is 3. The number of carbonyl (C=O) groups is 2. The molecule has 2 N–H and O–H groups in total. The maximum Gasteiger partial charge on any atom is 0.320 e. The van der Waals surface area contributed by atoms with Crippen molar-refractivity contribution < 1.29 is 14.7 Å². The van der Waals surface area contributed by atoms with Crippen LogP contribution in [0.2, 0.25) is 0 Å². The number of carboxylic acid groups (broad SMARTS) is 1. The summed E-state index contributed by atoms with van der Waals surface area (Å²) >= 11 is 0. The quantitative estimate of drug-likeness (QED) is 0.872. The Balaban J connectivity index is 0.00000441. The van der Waals surface area contributed by atoms with E-state index < -0.39 is 12.0 Å². The average Bonchev–Trinajstić information content (AvgIpc) is 2.36. The van der Waals surface area contributed by atoms with E-state index in [1.807, 2.05) is 24.3 Å². The van der Waals surface area contributed by atoms with E-state index in [9.17, 15) is 9.59 Å². The van der Waals surface area contributed by atoms with Crippen molar-refractivity contribution in [2.45, 2.75) is 39.2 Å². The van der Waals surface area contributed by atoms with E-state index in [1.165, 1.54) is 4.90 Å². The third-order valence-electron chi connectivity index (χ3n) is 3.42. The second-order valence-electron chi connectivity index (χ2n) is 6.27. The Labute approximate surface area is 138 Å². The number of benzene rings is 1. The van der Waals surface area contributed by atoms with Gasteiger partial charge in [-0.15, -0.1) is 12.4 Å². The summed E-state index contributed by atoms with van der Waals surface area (Å²) in [5.41, 5.74) is 1.74. The number of hydrogen-bond donors (Lipinski definition) is 2. The van der Waals surface area contributed by atoms with E-state index >= 15 is 0 Å². The van der Waals surface area contributed by atoms with Crippen molar-refractivity contribution in [2.24, 2.45) is 0 Å². The molecular weight excluding hydrogens is 304 g/mol. The highest BCUT2D eigenvalue weighted by atomic mass is 35.5. The number of likely N-dealkylation sites (N-methyl/N-ethyl adjacent to an activating group) is 1. The van der Waals surface area contributed by atoms with Crippen molar-refractivity contribution >= 4 is 30.0 Å². The summed E-state index contributed by atoms with van der Waals surface area (Å²) in [6.07, 6.45) is 0. The molecule has 1 unspecified atom stereocenters. The largest absolute Gasteiger partial charge is 0.480 e. The molecule has 0 aromatic heterocycles. The first-order chi connectivity index (χ1) is 9.62. The molecule has 1 rings (SSSR count). The summed E-state index contributed by atoms with van der Waals surface area (Å²) in [7, 11) is 1.62. The molecule has 0 bridgehead atoms. The lowest BCUT2D eigenvalue weighted by molar-refractivity contribution is -0.142. The monoisotopic (exact) mass is 328 g/mol. The standard InChI is InChI=1S/C16H24N2O3.ClH/c1-11(15(20)21)18(5)10-14(19)17-13-9-7-6-8-12(13)16(2,3)4;/h6-9,11H,10H2,1-5H3,(H,17,19)(H,20,21);1H. The first-order valence-electron chi connectivity index (χ1n) is 6.95. The van der Waals surface area contributed by atoms with Gasteiger partial charge in [-0.3, -0.25) is 14.5 Å². The minimum atomic E-state index is -0.944. The molecule has 5 nitrogen and oxygen atoms in total. The number of aliphatic carboxylic acids is 1. The summed E-state index contributed by atoms with van der Waals surface area (Å²) in [5.74, 6) is -1.16. The summed E-state index contributed by atoms with van der Waals surface area (Å²) < 4.78 is 0. The van der Waals surface area contributed by atoms with Crippen LogP contribution in [0.3, 0.4) is 0 Å². The topological polar surface area (TPSA) is 69.6 Å². The summed E-state index contributed by atoms with van der Waals surface area (Å²) in [4.78, 5) is 24.5. The molecular formula is C16H25ClN2O3. The molecule has 0 fully saturated rings. The Morgan fingerprint density at radius 2 is 1.82 bits per heavy atom. The predicted octanol–water partition coefficient (Wildman–Crippen LogP) is 2.75. The number of rotatable bonds is 5. The lowest BCUT2D eigenvalue weighted by atomic mass is 9.86. The van der Waals surface area contributed by atoms with E-state index in [0.29, 0.717) is 0 Å². The van der Waals surface area contributed by atoms with Crippen LogP contribution in [0.25, 0.3) is 0 Å². The predicted molar refractivity (Wildman–Crippen MR) is 90.7 cm³/mol. The number of carboxylic acids is 1. The van der Waals surface area contributed by atoms with Crippen LogP contribution in [0.15, 0.2) is 24.3 Å². The van der Waals surface area contributed by atoms with Crippen molar-refractivity contribution in [1.82, 2.24) is 4.90 Å². The average molecular weight is 329 g/mol. The van der Waals surface area contributed by atoms with Gasteiger partial charge in [0.1, 0.15) is 6.04 Å². The maximum atomic E-state index is 12.1. The Morgan fingerprint density at radius 3 is 2.32 bits per heavy atom. The molecule has 22 heavy (non-hydrogen) atoms. The second kappa shape index (κ2) is 8.15. The summed E-state index contributed by atoms with van der Waals surface area (Å²) in [5, 5.41) is 11.8. The zero-order valence-corrected chi connectivity index (χ0v) is 14.5. The number of amides is 1. The first kappa shape index (κ1) is 20.4. The minimum Gasteiger partial charge on any atom is -0.480 e. The fourth-order valence-corrected chi connectivity index (χ4v) is 1.99. The van der Waals surface area contributed by atoms with Gasteiger partial charge in [0.05, 0.1) is 6.54 Å². The van der Waals surface area contributed by atoms with E-state index in [2.05, 4.69) is 26.1 Å². The third kappa shape index (κ3) is 5.66. The van der Waals surface area contributed by atoms with E-state index in [1.54, 1.807) is 14.0 Å². The van der Waals surface area contributed by atoms with Gasteiger partial charge in [-0.2, -0.15) is 0 Å². The fraction of sp³-hybridized carbons (Fsp3) is 0.500. The molecule has 1 amide bonds. The van der Waals surface area contributed by atoms with Crippen LogP contribution in [0.1, 0.15) is 33.3 Å². The lowest BCUT2D eigenvalue weighted by Crippen LogP contribution is -2.40. The lowest BCUT2D eigenvalue weighted by Gasteiger charge is -2.24. The van der Waals surface area contributed by atoms with Gasteiger partial charge < -0.3 is 10.4 Å². The first-order valence-corrected chi connectivity index (χ1v) is 6.95. The molecule has 1 aromatic carbocycles. The number of nitrogens with zero attached hydrogens (tertiary/aromatic N) is 1. The van der Waals surface area contributed by atoms with Gasteiger partial charge in [0.25, 0.3) is 0 Å². The number of carbonyl (C=O) groups excluding carboxylic acids is 1. The van der Waals surface area contributed by atoms with Crippen LogP contribution in [-0.2, 0) is 15.0 Å². The highest BCUT2D eigenvalue weighted by Crippen LogP contribution is 2.29. The van der Waals surface area contributed by atoms with Crippen molar-refractivity contribution in [3.05, 3.63) is 29.8 Å². The number of halogens is 1. The third-order valence-corrected chi connectivity index (χ3v) is 3.42. The normalized spacial score (nSPS) is 12.5. The van der Waals surface area contributed by atoms with Gasteiger partial charge in [0.2, 0.25) is 5.91 Å². The molecule has 0 radical (unpaired) electrons. The molecule has 0 aliphatic rings. The van der Waals surface area contributed by atoms with E-state index in [0.717, 1.165) is 11.3 Å². The molecule has 0 heterocycles. The van der Waals surface area contributed by atoms with Gasteiger partial charge in [-0.1, -0.05) is 39.0 Å². The van der Waals surface area contributed by atoms with E-state index in [-0.39, 0.29) is 30.3 Å². The second-order valence-corrected chi connectivity index (χ2v) is 6.27. The van der Waals surface area contributed by atoms with Gasteiger partial charge in [-0.25, -0.2) is 0 Å². The van der Waals surface area contributed by atoms with Crippen molar-refractivity contribution in [3.8, 4) is 0 Å². The zero-order chi connectivity index (χ0) is 16.2. The van der Waals surface area contributed by atoms with Crippen molar-refractivity contribution in [1.29, 1.82) is 0 Å². The molecule has 0 aliphatic carbocycles. The van der Waals surface area contributed by atoms with Crippen LogP contribution in [0, 0.1) is 0 Å². The molecule has 1 aromatic rings. The van der Waals surface area contributed by atoms with Crippen LogP contribution >= 0.6 is 12.4 Å². The molecule has 0 aliphatic heterocycles. The molecule has 124 valence electrons. The Morgan fingerprint density at radius 1 is 1.27 bits per heavy atom. The Kier molecular flexibility index (Phi) is 7.56. The smallest absolute Gasteiger partial charge is 0.320 e. The van der Waals surface area contributed by atoms with Gasteiger partial charge in [0.15, 0.2) is 0 Å². The molecule has 1 atom stereocenters. The Hall–Kier alpha value is -1.59. The summed E-state index contributed by atoms with van der Waals surface area (Å²) in [6, 6.07) is 6.95. The maximum absolute atomic E-state index is 12.1. The number of para-hydroxylation sites is 1. The summed E-state index contributed by atoms with van der Waals surface area (Å²) in [6.45, 7) is 7.83. The molecule has 0 saturated carbocycles. The molecule has 0 saturated heterocycles. The van der Waals surface area contributed by atoms with Gasteiger partial charge >= 0.3 is 5.97 Å². The van der Waals surface area contributed by atoms with E-state index in [4.69, 9.17) is 5.11 Å². The number of nitrogens with one attached hydrogen (secondary N) is 1. The SMILES string of the molecule is CC(C(=O)O)N(C)CC(=O)Nc1ccccc1C(C)(C)C.Cl. The highest BCUT2D eigenvalue weighted by molar-refractivity contribution is 5.93. The molecule has 0 spiro atoms. The van der Waals surface area contributed by atoms with Crippen LogP contribution in [0.5, 0.6) is 0 Å². The Bertz CT molecular complexity index is 526. The van der Waals surface area contributed by atoms with Crippen molar-refractivity contribution in [3.63, 3.8) is 0 Å². The van der Waals surface area contributed by atoms with Crippen LogP contribution in [-0.4, -0.2) is 41.5 Å². The van der Waals surface area contributed by atoms with Gasteiger partial charge in [-0.05, 0) is 31.0 Å². The van der Waals surface area contributed by atoms with Gasteiger partial charge in [0, 0.05) is 5.69 Å². The fourth-order valence-electron chi connectivity index (χ4n) is 1.99.